The maximum atomic E-state index is 12.5. The minimum atomic E-state index is 0. The Morgan fingerprint density at radius 2 is 1.65 bits per heavy atom. The second-order valence-electron chi connectivity index (χ2n) is 5.28. The molecule has 1 saturated heterocycles. The number of thiophene rings is 1. The van der Waals surface area contributed by atoms with Gasteiger partial charge in [0.15, 0.2) is 0 Å². The Hall–Kier alpha value is 1.02. The van der Waals surface area contributed by atoms with Crippen LogP contribution in [0, 0.1) is 14.4 Å². The second-order valence-corrected chi connectivity index (χ2v) is 7.21. The molecule has 1 aliphatic rings. The molecule has 6 heteroatoms. The van der Waals surface area contributed by atoms with Gasteiger partial charge in [0.25, 0.3) is 5.91 Å². The Morgan fingerprint density at radius 1 is 1.09 bits per heavy atom. The van der Waals surface area contributed by atoms with Crippen molar-refractivity contribution in [3.05, 3.63) is 52.2 Å². The fraction of sp³-hybridized carbons (Fsp3) is 0.294. The van der Waals surface area contributed by atoms with E-state index < -0.39 is 0 Å². The van der Waals surface area contributed by atoms with Crippen molar-refractivity contribution in [2.45, 2.75) is 19.8 Å². The molecule has 2 heterocycles. The maximum absolute atomic E-state index is 12.5. The van der Waals surface area contributed by atoms with Gasteiger partial charge in [0.2, 0.25) is 0 Å². The van der Waals surface area contributed by atoms with E-state index in [1.165, 1.54) is 11.3 Å². The van der Waals surface area contributed by atoms with Crippen molar-refractivity contribution >= 4 is 40.4 Å². The first kappa shape index (κ1) is 22.1. The van der Waals surface area contributed by atoms with Crippen molar-refractivity contribution < 1.29 is 73.7 Å². The van der Waals surface area contributed by atoms with Crippen LogP contribution >= 0.6 is 34.5 Å². The third-order valence-corrected chi connectivity index (χ3v) is 5.36. The van der Waals surface area contributed by atoms with Crippen molar-refractivity contribution in [2.24, 2.45) is 0 Å². The van der Waals surface area contributed by atoms with Gasteiger partial charge in [-0.15, -0.1) is 11.3 Å². The van der Waals surface area contributed by atoms with Crippen LogP contribution in [0.25, 0.3) is 10.4 Å². The van der Waals surface area contributed by atoms with E-state index in [0.717, 1.165) is 46.8 Å². The largest absolute Gasteiger partial charge is 1.00 e. The van der Waals surface area contributed by atoms with Crippen LogP contribution in [0.15, 0.2) is 24.3 Å². The van der Waals surface area contributed by atoms with Gasteiger partial charge in [-0.05, 0) is 55.2 Å². The van der Waals surface area contributed by atoms with Gasteiger partial charge in [-0.2, -0.15) is 0 Å². The van der Waals surface area contributed by atoms with Gasteiger partial charge in [0.1, 0.15) is 0 Å². The molecule has 118 valence electrons. The SMILES string of the molecule is Cc1cc(-c2cc(Cl)cc(Cl)c2)sc1C(=O)N1CCCC1.[CH3-].[Cs+]. The first-order valence-corrected chi connectivity index (χ1v) is 8.48. The summed E-state index contributed by atoms with van der Waals surface area (Å²) < 4.78 is 0. The van der Waals surface area contributed by atoms with Crippen LogP contribution in [0.5, 0.6) is 0 Å². The fourth-order valence-electron chi connectivity index (χ4n) is 2.60. The van der Waals surface area contributed by atoms with Gasteiger partial charge < -0.3 is 12.3 Å². The summed E-state index contributed by atoms with van der Waals surface area (Å²) in [6, 6.07) is 7.50. The summed E-state index contributed by atoms with van der Waals surface area (Å²) in [5, 5.41) is 1.21. The average molecular weight is 488 g/mol. The van der Waals surface area contributed by atoms with E-state index in [9.17, 15) is 4.79 Å². The molecule has 0 unspecified atom stereocenters. The van der Waals surface area contributed by atoms with Crippen LogP contribution in [-0.2, 0) is 0 Å². The van der Waals surface area contributed by atoms with E-state index in [0.29, 0.717) is 10.0 Å². The van der Waals surface area contributed by atoms with Crippen molar-refractivity contribution in [1.29, 1.82) is 0 Å². The molecular weight excluding hydrogens is 470 g/mol. The summed E-state index contributed by atoms with van der Waals surface area (Å²) in [7, 11) is 0. The molecule has 0 aliphatic carbocycles. The van der Waals surface area contributed by atoms with Gasteiger partial charge in [-0.25, -0.2) is 0 Å². The third-order valence-electron chi connectivity index (χ3n) is 3.65. The summed E-state index contributed by atoms with van der Waals surface area (Å²) in [6.45, 7) is 3.72. The second kappa shape index (κ2) is 9.65. The molecule has 0 saturated carbocycles. The number of benzene rings is 1. The first-order chi connectivity index (χ1) is 10.0. The van der Waals surface area contributed by atoms with E-state index >= 15 is 0 Å². The molecule has 0 atom stereocenters. The van der Waals surface area contributed by atoms with Crippen LogP contribution in [0.3, 0.4) is 0 Å². The van der Waals surface area contributed by atoms with Crippen LogP contribution in [-0.4, -0.2) is 23.9 Å². The molecule has 1 aromatic carbocycles. The predicted molar refractivity (Wildman–Crippen MR) is 96.1 cm³/mol. The molecule has 0 radical (unpaired) electrons. The predicted octanol–water partition coefficient (Wildman–Crippen LogP) is 2.72. The number of aryl methyl sites for hydroxylation is 1. The zero-order chi connectivity index (χ0) is 15.0. The topological polar surface area (TPSA) is 20.3 Å². The molecule has 2 aromatic rings. The minimum Gasteiger partial charge on any atom is -0.358 e. The Labute approximate surface area is 211 Å². The number of carbonyl (C=O) groups excluding carboxylic acids is 1. The Balaban J connectivity index is 0.00000132. The quantitative estimate of drug-likeness (QED) is 0.596. The molecular formula is C17H18Cl2CsNOS. The van der Waals surface area contributed by atoms with Gasteiger partial charge in [0.05, 0.1) is 4.88 Å². The van der Waals surface area contributed by atoms with E-state index in [-0.39, 0.29) is 82.2 Å². The van der Waals surface area contributed by atoms with Crippen molar-refractivity contribution in [3.63, 3.8) is 0 Å². The molecule has 1 aromatic heterocycles. The molecule has 2 nitrogen and oxygen atoms in total. The van der Waals surface area contributed by atoms with Crippen LogP contribution < -0.4 is 68.9 Å². The van der Waals surface area contributed by atoms with E-state index in [2.05, 4.69) is 0 Å². The molecule has 0 spiro atoms. The standard InChI is InChI=1S/C16H15Cl2NOS.CH3.Cs/c1-10-6-14(11-7-12(17)9-13(18)8-11)21-15(10)16(20)19-4-2-3-5-19;;/h6-9H,2-5H2,1H3;1H3;/q;-1;+1. The number of halogens is 2. The number of hydrogen-bond donors (Lipinski definition) is 0. The molecule has 23 heavy (non-hydrogen) atoms. The summed E-state index contributed by atoms with van der Waals surface area (Å²) in [6.07, 6.45) is 2.21. The summed E-state index contributed by atoms with van der Waals surface area (Å²) in [5.41, 5.74) is 1.98. The van der Waals surface area contributed by atoms with E-state index in [4.69, 9.17) is 23.2 Å². The zero-order valence-corrected chi connectivity index (χ0v) is 22.3. The third kappa shape index (κ3) is 5.25. The zero-order valence-electron chi connectivity index (χ0n) is 13.7. The summed E-state index contributed by atoms with van der Waals surface area (Å²) in [4.78, 5) is 16.3. The van der Waals surface area contributed by atoms with E-state index in [1.807, 2.05) is 30.0 Å². The van der Waals surface area contributed by atoms with E-state index in [1.54, 1.807) is 6.07 Å². The number of carbonyl (C=O) groups is 1. The first-order valence-electron chi connectivity index (χ1n) is 6.91. The van der Waals surface area contributed by atoms with Crippen LogP contribution in [0.1, 0.15) is 28.1 Å². The van der Waals surface area contributed by atoms with Gasteiger partial charge in [-0.3, -0.25) is 4.79 Å². The number of rotatable bonds is 2. The van der Waals surface area contributed by atoms with Crippen molar-refractivity contribution in [1.82, 2.24) is 4.90 Å². The molecule has 1 amide bonds. The average Bonchev–Trinajstić information content (AvgIpc) is 3.06. The molecule has 0 N–H and O–H groups in total. The number of likely N-dealkylation sites (tertiary alicyclic amines) is 1. The fourth-order valence-corrected chi connectivity index (χ4v) is 4.25. The smallest absolute Gasteiger partial charge is 0.358 e. The number of hydrogen-bond acceptors (Lipinski definition) is 2. The van der Waals surface area contributed by atoms with Crippen LogP contribution in [0.4, 0.5) is 0 Å². The summed E-state index contributed by atoms with van der Waals surface area (Å²) in [5.74, 6) is 0.148. The van der Waals surface area contributed by atoms with Crippen molar-refractivity contribution in [3.8, 4) is 10.4 Å². The normalized spacial score (nSPS) is 13.4. The number of amides is 1. The molecule has 0 bridgehead atoms. The summed E-state index contributed by atoms with van der Waals surface area (Å²) >= 11 is 13.6. The Bertz CT molecular complexity index is 676. The maximum Gasteiger partial charge on any atom is 1.00 e. The monoisotopic (exact) mass is 487 g/mol. The Kier molecular flexibility index (Phi) is 9.25. The van der Waals surface area contributed by atoms with Gasteiger partial charge in [0, 0.05) is 28.0 Å². The van der Waals surface area contributed by atoms with Crippen molar-refractivity contribution in [2.75, 3.05) is 13.1 Å². The molecule has 1 fully saturated rings. The minimum absolute atomic E-state index is 0. The van der Waals surface area contributed by atoms with Gasteiger partial charge >= 0.3 is 68.9 Å². The molecule has 3 rings (SSSR count). The Morgan fingerprint density at radius 3 is 2.22 bits per heavy atom. The van der Waals surface area contributed by atoms with Gasteiger partial charge in [-0.1, -0.05) is 23.2 Å². The molecule has 1 aliphatic heterocycles. The number of nitrogens with zero attached hydrogens (tertiary/aromatic N) is 1. The van der Waals surface area contributed by atoms with Crippen LogP contribution in [0.2, 0.25) is 10.0 Å².